The van der Waals surface area contributed by atoms with Crippen LogP contribution in [0.15, 0.2) is 24.5 Å². The molecule has 1 aliphatic rings. The van der Waals surface area contributed by atoms with Crippen LogP contribution in [0.25, 0.3) is 17.7 Å². The minimum Gasteiger partial charge on any atom is -0.352 e. The molecule has 1 aromatic carbocycles. The van der Waals surface area contributed by atoms with Crippen LogP contribution in [0.2, 0.25) is 0 Å². The molecule has 128 valence electrons. The van der Waals surface area contributed by atoms with Gasteiger partial charge in [-0.1, -0.05) is 12.2 Å². The number of hydrogen-bond acceptors (Lipinski definition) is 3. The number of aromatic nitrogens is 2. The third kappa shape index (κ3) is 3.27. The molecule has 0 saturated heterocycles. The van der Waals surface area contributed by atoms with Crippen molar-refractivity contribution in [3.05, 3.63) is 52.9 Å². The average Bonchev–Trinajstić information content (AvgIpc) is 3.10. The number of amides is 3. The van der Waals surface area contributed by atoms with Crippen LogP contribution in [0, 0.1) is 12.7 Å². The lowest BCUT2D eigenvalue weighted by atomic mass is 9.98. The number of nitrogens with zero attached hydrogens (tertiary/aromatic N) is 1. The van der Waals surface area contributed by atoms with Gasteiger partial charge < -0.3 is 21.4 Å². The molecule has 0 spiro atoms. The molecule has 3 amide bonds. The van der Waals surface area contributed by atoms with Crippen molar-refractivity contribution in [2.24, 2.45) is 5.73 Å². The topological polar surface area (TPSA) is 113 Å². The largest absolute Gasteiger partial charge is 0.352 e. The van der Waals surface area contributed by atoms with E-state index in [1.54, 1.807) is 12.2 Å². The number of rotatable bonds is 4. The first-order valence-corrected chi connectivity index (χ1v) is 7.53. The first kappa shape index (κ1) is 16.4. The van der Waals surface area contributed by atoms with E-state index in [1.807, 2.05) is 6.92 Å². The molecule has 8 heteroatoms. The van der Waals surface area contributed by atoms with Gasteiger partial charge in [-0.25, -0.2) is 14.2 Å². The van der Waals surface area contributed by atoms with Gasteiger partial charge in [-0.2, -0.15) is 0 Å². The molecule has 1 aliphatic heterocycles. The van der Waals surface area contributed by atoms with Crippen molar-refractivity contribution in [2.75, 3.05) is 11.9 Å². The van der Waals surface area contributed by atoms with E-state index in [9.17, 15) is 14.0 Å². The zero-order valence-electron chi connectivity index (χ0n) is 13.4. The van der Waals surface area contributed by atoms with Gasteiger partial charge in [0.2, 0.25) is 0 Å². The predicted molar refractivity (Wildman–Crippen MR) is 92.8 cm³/mol. The molecule has 0 atom stereocenters. The van der Waals surface area contributed by atoms with Gasteiger partial charge in [0, 0.05) is 29.1 Å². The molecule has 0 radical (unpaired) electrons. The fourth-order valence-electron chi connectivity index (χ4n) is 2.58. The fourth-order valence-corrected chi connectivity index (χ4v) is 2.58. The first-order chi connectivity index (χ1) is 12.0. The Balaban J connectivity index is 2.04. The molecule has 0 fully saturated rings. The maximum absolute atomic E-state index is 14.3. The Bertz CT molecular complexity index is 914. The monoisotopic (exact) mass is 341 g/mol. The number of halogens is 1. The molecule has 0 bridgehead atoms. The Hall–Kier alpha value is -3.42. The van der Waals surface area contributed by atoms with Crippen LogP contribution >= 0.6 is 0 Å². The Morgan fingerprint density at radius 2 is 2.24 bits per heavy atom. The number of hydrogen-bond donors (Lipinski definition) is 4. The molecular weight excluding hydrogens is 325 g/mol. The van der Waals surface area contributed by atoms with Gasteiger partial charge in [-0.3, -0.25) is 4.79 Å². The van der Waals surface area contributed by atoms with Crippen molar-refractivity contribution in [1.82, 2.24) is 15.3 Å². The first-order valence-electron chi connectivity index (χ1n) is 7.53. The number of nitrogens with one attached hydrogen (secondary N) is 3. The molecular formula is C17H16FN5O2. The van der Waals surface area contributed by atoms with E-state index in [-0.39, 0.29) is 18.0 Å². The van der Waals surface area contributed by atoms with Crippen LogP contribution in [0.4, 0.5) is 14.9 Å². The van der Waals surface area contributed by atoms with Crippen LogP contribution < -0.4 is 16.4 Å². The number of imidazole rings is 1. The van der Waals surface area contributed by atoms with E-state index in [1.165, 1.54) is 24.5 Å². The van der Waals surface area contributed by atoms with Gasteiger partial charge in [0.05, 0.1) is 17.6 Å². The number of anilines is 1. The smallest absolute Gasteiger partial charge is 0.312 e. The summed E-state index contributed by atoms with van der Waals surface area (Å²) in [5, 5.41) is 5.11. The number of carbonyl (C=O) groups is 2. The second-order valence-electron chi connectivity index (χ2n) is 5.46. The summed E-state index contributed by atoms with van der Waals surface area (Å²) in [7, 11) is 0. The van der Waals surface area contributed by atoms with Crippen LogP contribution in [-0.2, 0) is 4.79 Å². The van der Waals surface area contributed by atoms with Crippen molar-refractivity contribution in [3.63, 3.8) is 0 Å². The SMILES string of the molecule is Cc1[nH]cnc1C=C1C(=O)Nc2ccc(F)c(C=CCNC(N)=O)c21. The molecule has 3 rings (SSSR count). The van der Waals surface area contributed by atoms with E-state index in [2.05, 4.69) is 20.6 Å². The predicted octanol–water partition coefficient (Wildman–Crippen LogP) is 2.03. The molecule has 25 heavy (non-hydrogen) atoms. The highest BCUT2D eigenvalue weighted by Crippen LogP contribution is 2.37. The van der Waals surface area contributed by atoms with Gasteiger partial charge in [-0.05, 0) is 25.1 Å². The second-order valence-corrected chi connectivity index (χ2v) is 5.46. The number of nitrogens with two attached hydrogens (primary N) is 1. The summed E-state index contributed by atoms with van der Waals surface area (Å²) in [6.45, 7) is 1.98. The van der Waals surface area contributed by atoms with Crippen LogP contribution in [-0.4, -0.2) is 28.5 Å². The van der Waals surface area contributed by atoms with Crippen molar-refractivity contribution >= 4 is 35.4 Å². The summed E-state index contributed by atoms with van der Waals surface area (Å²) in [6.07, 6.45) is 6.21. The summed E-state index contributed by atoms with van der Waals surface area (Å²) in [4.78, 5) is 30.1. The summed E-state index contributed by atoms with van der Waals surface area (Å²) in [5.74, 6) is -0.803. The number of aromatic amines is 1. The Morgan fingerprint density at radius 1 is 1.44 bits per heavy atom. The molecule has 5 N–H and O–H groups in total. The molecule has 2 aromatic rings. The molecule has 0 saturated carbocycles. The normalized spacial score (nSPS) is 14.8. The highest BCUT2D eigenvalue weighted by molar-refractivity contribution is 6.35. The van der Waals surface area contributed by atoms with Gasteiger partial charge in [0.1, 0.15) is 5.82 Å². The van der Waals surface area contributed by atoms with Crippen molar-refractivity contribution in [3.8, 4) is 0 Å². The van der Waals surface area contributed by atoms with Crippen LogP contribution in [0.5, 0.6) is 0 Å². The van der Waals surface area contributed by atoms with Crippen molar-refractivity contribution < 1.29 is 14.0 Å². The lowest BCUT2D eigenvalue weighted by Gasteiger charge is -2.06. The number of urea groups is 1. The average molecular weight is 341 g/mol. The highest BCUT2D eigenvalue weighted by Gasteiger charge is 2.28. The Kier molecular flexibility index (Phi) is 4.34. The van der Waals surface area contributed by atoms with Gasteiger partial charge >= 0.3 is 6.03 Å². The number of fused-ring (bicyclic) bond motifs is 1. The lowest BCUT2D eigenvalue weighted by molar-refractivity contribution is -0.110. The maximum Gasteiger partial charge on any atom is 0.312 e. The van der Waals surface area contributed by atoms with Crippen molar-refractivity contribution in [1.29, 1.82) is 0 Å². The summed E-state index contributed by atoms with van der Waals surface area (Å²) >= 11 is 0. The third-order valence-corrected chi connectivity index (χ3v) is 3.78. The third-order valence-electron chi connectivity index (χ3n) is 3.78. The Morgan fingerprint density at radius 3 is 2.92 bits per heavy atom. The molecule has 7 nitrogen and oxygen atoms in total. The zero-order valence-corrected chi connectivity index (χ0v) is 13.4. The molecule has 0 unspecified atom stereocenters. The van der Waals surface area contributed by atoms with E-state index < -0.39 is 11.8 Å². The van der Waals surface area contributed by atoms with E-state index in [4.69, 9.17) is 5.73 Å². The summed E-state index contributed by atoms with van der Waals surface area (Å²) in [6, 6.07) is 2.12. The minimum absolute atomic E-state index is 0.150. The van der Waals surface area contributed by atoms with Crippen LogP contribution in [0.1, 0.15) is 22.5 Å². The summed E-state index contributed by atoms with van der Waals surface area (Å²) in [5.41, 5.74) is 7.95. The standard InChI is InChI=1S/C17H16FN5O2/c1-9-14(22-8-21-9)7-11-15-10(3-2-6-20-17(19)25)12(18)4-5-13(15)23-16(11)24/h2-5,7-8H,6H2,1H3,(H,21,22)(H,23,24)(H3,19,20,25). The fraction of sp³-hybridized carbons (Fsp3) is 0.118. The second kappa shape index (κ2) is 6.60. The van der Waals surface area contributed by atoms with Crippen molar-refractivity contribution in [2.45, 2.75) is 6.92 Å². The molecule has 0 aliphatic carbocycles. The quantitative estimate of drug-likeness (QED) is 0.638. The number of carbonyl (C=O) groups excluding carboxylic acids is 2. The summed E-state index contributed by atoms with van der Waals surface area (Å²) < 4.78 is 14.3. The van der Waals surface area contributed by atoms with E-state index >= 15 is 0 Å². The molecule has 1 aromatic heterocycles. The van der Waals surface area contributed by atoms with Gasteiger partial charge in [0.15, 0.2) is 0 Å². The lowest BCUT2D eigenvalue weighted by Crippen LogP contribution is -2.29. The Labute approximate surface area is 142 Å². The van der Waals surface area contributed by atoms with E-state index in [0.29, 0.717) is 22.5 Å². The number of aryl methyl sites for hydroxylation is 1. The number of benzene rings is 1. The number of H-pyrrole nitrogens is 1. The van der Waals surface area contributed by atoms with E-state index in [0.717, 1.165) is 5.69 Å². The zero-order chi connectivity index (χ0) is 18.0. The van der Waals surface area contributed by atoms with Gasteiger partial charge in [0.25, 0.3) is 5.91 Å². The maximum atomic E-state index is 14.3. The number of primary amides is 1. The minimum atomic E-state index is -0.671. The van der Waals surface area contributed by atoms with Crippen LogP contribution in [0.3, 0.4) is 0 Å². The molecule has 2 heterocycles. The highest BCUT2D eigenvalue weighted by atomic mass is 19.1. The van der Waals surface area contributed by atoms with Gasteiger partial charge in [-0.15, -0.1) is 0 Å².